The van der Waals surface area contributed by atoms with E-state index in [0.717, 1.165) is 19.6 Å². The molecule has 1 atom stereocenters. The predicted molar refractivity (Wildman–Crippen MR) is 57.3 cm³/mol. The third-order valence-electron chi connectivity index (χ3n) is 2.13. The van der Waals surface area contributed by atoms with Gasteiger partial charge < -0.3 is 15.9 Å². The van der Waals surface area contributed by atoms with E-state index in [1.807, 2.05) is 0 Å². The summed E-state index contributed by atoms with van der Waals surface area (Å²) in [5.41, 5.74) is 5.61. The molecule has 0 bridgehead atoms. The number of oxime groups is 1. The molecular weight excluding hydrogens is 196 g/mol. The van der Waals surface area contributed by atoms with Crippen molar-refractivity contribution in [3.05, 3.63) is 0 Å². The lowest BCUT2D eigenvalue weighted by atomic mass is 10.2. The summed E-state index contributed by atoms with van der Waals surface area (Å²) in [6.45, 7) is 6.76. The van der Waals surface area contributed by atoms with Crippen LogP contribution in [0.4, 0.5) is 0 Å². The van der Waals surface area contributed by atoms with E-state index in [0.29, 0.717) is 18.4 Å². The van der Waals surface area contributed by atoms with Gasteiger partial charge in [-0.25, -0.2) is 4.79 Å². The summed E-state index contributed by atoms with van der Waals surface area (Å²) in [6, 6.07) is 0.459. The number of nitrogens with zero attached hydrogens (tertiary/aromatic N) is 2. The van der Waals surface area contributed by atoms with Gasteiger partial charge in [-0.05, 0) is 6.92 Å². The minimum atomic E-state index is -0.452. The molecule has 3 N–H and O–H groups in total. The van der Waals surface area contributed by atoms with Crippen molar-refractivity contribution >= 4 is 11.8 Å². The van der Waals surface area contributed by atoms with Gasteiger partial charge in [-0.3, -0.25) is 4.90 Å². The number of amidine groups is 1. The van der Waals surface area contributed by atoms with Gasteiger partial charge in [-0.15, -0.1) is 0 Å². The first-order valence-corrected chi connectivity index (χ1v) is 5.03. The largest absolute Gasteiger partial charge is 0.383 e. The second kappa shape index (κ2) is 5.67. The zero-order valence-corrected chi connectivity index (χ0v) is 9.19. The summed E-state index contributed by atoms with van der Waals surface area (Å²) in [7, 11) is 0. The molecule has 15 heavy (non-hydrogen) atoms. The Labute approximate surface area is 89.4 Å². The van der Waals surface area contributed by atoms with Crippen LogP contribution in [-0.4, -0.2) is 48.9 Å². The molecule has 86 valence electrons. The summed E-state index contributed by atoms with van der Waals surface area (Å²) in [5, 5.41) is 6.85. The Bertz CT molecular complexity index is 254. The minimum absolute atomic E-state index is 0.333. The van der Waals surface area contributed by atoms with Gasteiger partial charge in [0.05, 0.1) is 6.54 Å². The molecule has 0 radical (unpaired) electrons. The van der Waals surface area contributed by atoms with Gasteiger partial charge in [0.15, 0.2) is 5.84 Å². The predicted octanol–water partition coefficient (Wildman–Crippen LogP) is -0.885. The summed E-state index contributed by atoms with van der Waals surface area (Å²) in [5.74, 6) is -0.120. The first-order valence-electron chi connectivity index (χ1n) is 5.03. The Balaban J connectivity index is 2.33. The summed E-state index contributed by atoms with van der Waals surface area (Å²) < 4.78 is 0. The molecule has 0 aliphatic carbocycles. The SMILES string of the molecule is CC(=O)O/N=C(\N)CN1CCN[C@H](C)C1. The highest BCUT2D eigenvalue weighted by molar-refractivity contribution is 5.82. The van der Waals surface area contributed by atoms with E-state index in [1.165, 1.54) is 6.92 Å². The maximum Gasteiger partial charge on any atom is 0.332 e. The molecule has 0 unspecified atom stereocenters. The molecule has 0 aromatic rings. The molecular formula is C9H18N4O2. The molecule has 0 amide bonds. The first kappa shape index (κ1) is 11.9. The fraction of sp³-hybridized carbons (Fsp3) is 0.778. The number of rotatable bonds is 3. The van der Waals surface area contributed by atoms with Crippen LogP contribution in [-0.2, 0) is 9.63 Å². The highest BCUT2D eigenvalue weighted by Gasteiger charge is 2.16. The molecule has 0 aromatic carbocycles. The van der Waals surface area contributed by atoms with Crippen molar-refractivity contribution in [1.82, 2.24) is 10.2 Å². The summed E-state index contributed by atoms with van der Waals surface area (Å²) in [4.78, 5) is 17.1. The maximum absolute atomic E-state index is 10.5. The van der Waals surface area contributed by atoms with E-state index >= 15 is 0 Å². The third-order valence-corrected chi connectivity index (χ3v) is 2.13. The van der Waals surface area contributed by atoms with Gasteiger partial charge >= 0.3 is 5.97 Å². The van der Waals surface area contributed by atoms with Gasteiger partial charge in [0.2, 0.25) is 0 Å². The van der Waals surface area contributed by atoms with Crippen molar-refractivity contribution in [1.29, 1.82) is 0 Å². The fourth-order valence-electron chi connectivity index (χ4n) is 1.54. The fourth-order valence-corrected chi connectivity index (χ4v) is 1.54. The van der Waals surface area contributed by atoms with Crippen LogP contribution < -0.4 is 11.1 Å². The average molecular weight is 214 g/mol. The van der Waals surface area contributed by atoms with Crippen LogP contribution in [0, 0.1) is 0 Å². The average Bonchev–Trinajstić information content (AvgIpc) is 2.15. The van der Waals surface area contributed by atoms with Crippen LogP contribution in [0.1, 0.15) is 13.8 Å². The number of hydrogen-bond acceptors (Lipinski definition) is 5. The van der Waals surface area contributed by atoms with E-state index in [2.05, 4.69) is 27.1 Å². The van der Waals surface area contributed by atoms with Crippen LogP contribution in [0.5, 0.6) is 0 Å². The van der Waals surface area contributed by atoms with E-state index in [1.54, 1.807) is 0 Å². The smallest absolute Gasteiger partial charge is 0.332 e. The van der Waals surface area contributed by atoms with Gasteiger partial charge in [-0.1, -0.05) is 5.16 Å². The van der Waals surface area contributed by atoms with Crippen LogP contribution in [0.25, 0.3) is 0 Å². The topological polar surface area (TPSA) is 79.9 Å². The summed E-state index contributed by atoms with van der Waals surface area (Å²) >= 11 is 0. The quantitative estimate of drug-likeness (QED) is 0.276. The number of nitrogens with two attached hydrogens (primary N) is 1. The van der Waals surface area contributed by atoms with Gasteiger partial charge in [-0.2, -0.15) is 0 Å². The lowest BCUT2D eigenvalue weighted by Gasteiger charge is -2.31. The molecule has 0 saturated carbocycles. The molecule has 1 saturated heterocycles. The standard InChI is InChI=1S/C9H18N4O2/c1-7-5-13(4-3-11-7)6-9(10)12-15-8(2)14/h7,11H,3-6H2,1-2H3,(H2,10,12)/t7-/m1/s1. The first-order chi connectivity index (χ1) is 7.08. The third kappa shape index (κ3) is 4.75. The Kier molecular flexibility index (Phi) is 4.51. The van der Waals surface area contributed by atoms with E-state index in [4.69, 9.17) is 5.73 Å². The lowest BCUT2D eigenvalue weighted by Crippen LogP contribution is -2.51. The molecule has 1 fully saturated rings. The van der Waals surface area contributed by atoms with Crippen molar-refractivity contribution in [2.24, 2.45) is 10.9 Å². The number of hydrogen-bond donors (Lipinski definition) is 2. The van der Waals surface area contributed by atoms with Gasteiger partial charge in [0, 0.05) is 32.6 Å². The highest BCUT2D eigenvalue weighted by atomic mass is 16.7. The molecule has 6 nitrogen and oxygen atoms in total. The van der Waals surface area contributed by atoms with Gasteiger partial charge in [0.1, 0.15) is 0 Å². The maximum atomic E-state index is 10.5. The van der Waals surface area contributed by atoms with E-state index in [9.17, 15) is 4.79 Å². The van der Waals surface area contributed by atoms with Crippen LogP contribution in [0.3, 0.4) is 0 Å². The number of carbonyl (C=O) groups excluding carboxylic acids is 1. The monoisotopic (exact) mass is 214 g/mol. The molecule has 1 rings (SSSR count). The molecule has 0 spiro atoms. The molecule has 1 aliphatic heterocycles. The molecule has 1 heterocycles. The second-order valence-electron chi connectivity index (χ2n) is 3.76. The number of piperazine rings is 1. The second-order valence-corrected chi connectivity index (χ2v) is 3.76. The highest BCUT2D eigenvalue weighted by Crippen LogP contribution is 1.97. The lowest BCUT2D eigenvalue weighted by molar-refractivity contribution is -0.141. The Morgan fingerprint density at radius 2 is 2.47 bits per heavy atom. The molecule has 1 aliphatic rings. The van der Waals surface area contributed by atoms with Crippen molar-refractivity contribution < 1.29 is 9.63 Å². The minimum Gasteiger partial charge on any atom is -0.383 e. The van der Waals surface area contributed by atoms with Crippen LogP contribution in [0.2, 0.25) is 0 Å². The Morgan fingerprint density at radius 1 is 1.73 bits per heavy atom. The summed E-state index contributed by atoms with van der Waals surface area (Å²) in [6.07, 6.45) is 0. The number of nitrogens with one attached hydrogen (secondary N) is 1. The molecule has 6 heteroatoms. The van der Waals surface area contributed by atoms with E-state index < -0.39 is 5.97 Å². The number of carbonyl (C=O) groups is 1. The van der Waals surface area contributed by atoms with Crippen molar-refractivity contribution in [2.45, 2.75) is 19.9 Å². The van der Waals surface area contributed by atoms with Crippen molar-refractivity contribution in [3.63, 3.8) is 0 Å². The van der Waals surface area contributed by atoms with Gasteiger partial charge in [0.25, 0.3) is 0 Å². The van der Waals surface area contributed by atoms with Crippen LogP contribution in [0.15, 0.2) is 5.16 Å². The zero-order valence-electron chi connectivity index (χ0n) is 9.19. The van der Waals surface area contributed by atoms with E-state index in [-0.39, 0.29) is 0 Å². The normalized spacial score (nSPS) is 23.9. The Hall–Kier alpha value is -1.14. The zero-order chi connectivity index (χ0) is 11.3. The molecule has 0 aromatic heterocycles. The van der Waals surface area contributed by atoms with Crippen molar-refractivity contribution in [3.8, 4) is 0 Å². The van der Waals surface area contributed by atoms with Crippen LogP contribution >= 0.6 is 0 Å². The van der Waals surface area contributed by atoms with Crippen molar-refractivity contribution in [2.75, 3.05) is 26.2 Å². The Morgan fingerprint density at radius 3 is 3.07 bits per heavy atom.